The van der Waals surface area contributed by atoms with Crippen LogP contribution in [0.5, 0.6) is 5.75 Å². The predicted molar refractivity (Wildman–Crippen MR) is 85.1 cm³/mol. The van der Waals surface area contributed by atoms with Gasteiger partial charge in [0.15, 0.2) is 0 Å². The van der Waals surface area contributed by atoms with E-state index in [1.54, 1.807) is 6.07 Å². The number of amides is 1. The molecule has 1 aliphatic rings. The zero-order chi connectivity index (χ0) is 15.2. The average Bonchev–Trinajstić information content (AvgIpc) is 2.49. The van der Waals surface area contributed by atoms with Crippen LogP contribution in [0.4, 0.5) is 5.69 Å². The van der Waals surface area contributed by atoms with Gasteiger partial charge in [-0.15, -0.1) is 11.8 Å². The molecular formula is C15H22N2O3S. The summed E-state index contributed by atoms with van der Waals surface area (Å²) in [6.07, 6.45) is 0.467. The van der Waals surface area contributed by atoms with Crippen molar-refractivity contribution in [2.75, 3.05) is 24.2 Å². The molecule has 6 heteroatoms. The zero-order valence-corrected chi connectivity index (χ0v) is 13.2. The van der Waals surface area contributed by atoms with E-state index in [4.69, 9.17) is 4.74 Å². The Bertz CT molecular complexity index is 496. The number of rotatable bonds is 7. The number of aliphatic hydroxyl groups is 1. The number of fused-ring (bicyclic) bond motifs is 1. The van der Waals surface area contributed by atoms with Crippen LogP contribution >= 0.6 is 11.8 Å². The van der Waals surface area contributed by atoms with Crippen LogP contribution in [0.25, 0.3) is 0 Å². The first-order chi connectivity index (χ1) is 10.1. The van der Waals surface area contributed by atoms with Gasteiger partial charge in [0.2, 0.25) is 5.91 Å². The first-order valence-electron chi connectivity index (χ1n) is 7.19. The average molecular weight is 310 g/mol. The van der Waals surface area contributed by atoms with E-state index in [-0.39, 0.29) is 12.5 Å². The normalized spacial score (nSPS) is 16.8. The Morgan fingerprint density at radius 2 is 2.33 bits per heavy atom. The van der Waals surface area contributed by atoms with E-state index < -0.39 is 6.10 Å². The van der Waals surface area contributed by atoms with Crippen LogP contribution in [-0.2, 0) is 4.79 Å². The van der Waals surface area contributed by atoms with Crippen molar-refractivity contribution in [3.63, 3.8) is 0 Å². The van der Waals surface area contributed by atoms with E-state index >= 15 is 0 Å². The van der Waals surface area contributed by atoms with Gasteiger partial charge in [-0.3, -0.25) is 4.79 Å². The lowest BCUT2D eigenvalue weighted by molar-refractivity contribution is -0.113. The monoisotopic (exact) mass is 310 g/mol. The molecule has 1 aromatic carbocycles. The molecule has 116 valence electrons. The molecule has 0 bridgehead atoms. The summed E-state index contributed by atoms with van der Waals surface area (Å²) in [5, 5.41) is 15.9. The Hall–Kier alpha value is -1.24. The van der Waals surface area contributed by atoms with Gasteiger partial charge in [-0.2, -0.15) is 0 Å². The summed E-state index contributed by atoms with van der Waals surface area (Å²) in [4.78, 5) is 12.4. The smallest absolute Gasteiger partial charge is 0.234 e. The quantitative estimate of drug-likeness (QED) is 0.717. The highest BCUT2D eigenvalue weighted by molar-refractivity contribution is 8.00. The molecule has 0 fully saturated rings. The van der Waals surface area contributed by atoms with Crippen LogP contribution in [0, 0.1) is 0 Å². The number of anilines is 1. The Morgan fingerprint density at radius 1 is 1.52 bits per heavy atom. The van der Waals surface area contributed by atoms with Gasteiger partial charge >= 0.3 is 0 Å². The minimum absolute atomic E-state index is 0.00226. The molecule has 0 aliphatic carbocycles. The number of hydrogen-bond acceptors (Lipinski definition) is 5. The van der Waals surface area contributed by atoms with E-state index in [0.717, 1.165) is 17.0 Å². The summed E-state index contributed by atoms with van der Waals surface area (Å²) in [6.45, 7) is 4.91. The summed E-state index contributed by atoms with van der Waals surface area (Å²) in [6, 6.07) is 5.97. The van der Waals surface area contributed by atoms with Crippen LogP contribution in [0.3, 0.4) is 0 Å². The number of carbonyl (C=O) groups is 1. The first-order valence-corrected chi connectivity index (χ1v) is 8.18. The van der Waals surface area contributed by atoms with E-state index in [1.165, 1.54) is 11.8 Å². The molecule has 3 N–H and O–H groups in total. The fourth-order valence-corrected chi connectivity index (χ4v) is 2.67. The lowest BCUT2D eigenvalue weighted by atomic mass is 10.2. The van der Waals surface area contributed by atoms with E-state index in [2.05, 4.69) is 24.5 Å². The van der Waals surface area contributed by atoms with E-state index in [1.807, 2.05) is 12.1 Å². The summed E-state index contributed by atoms with van der Waals surface area (Å²) < 4.78 is 5.58. The molecule has 5 nitrogen and oxygen atoms in total. The molecule has 2 rings (SSSR count). The molecule has 0 saturated carbocycles. The standard InChI is InChI=1S/C15H22N2O3S/c1-3-10(2)16-7-11(18)8-20-12-4-5-14-13(6-12)17-15(19)9-21-14/h4-6,10-11,16,18H,3,7-9H2,1-2H3,(H,17,19). The predicted octanol–water partition coefficient (Wildman–Crippen LogP) is 1.86. The fraction of sp³-hybridized carbons (Fsp3) is 0.533. The molecule has 0 radical (unpaired) electrons. The molecule has 1 amide bonds. The second-order valence-electron chi connectivity index (χ2n) is 5.18. The molecule has 2 atom stereocenters. The SMILES string of the molecule is CCC(C)NCC(O)COc1ccc2c(c1)NC(=O)CS2. The van der Waals surface area contributed by atoms with Gasteiger partial charge in [0, 0.05) is 23.5 Å². The molecule has 0 aromatic heterocycles. The lowest BCUT2D eigenvalue weighted by Gasteiger charge is -2.19. The topological polar surface area (TPSA) is 70.6 Å². The number of hydrogen-bond donors (Lipinski definition) is 3. The van der Waals surface area contributed by atoms with Crippen molar-refractivity contribution >= 4 is 23.4 Å². The number of ether oxygens (including phenoxy) is 1. The van der Waals surface area contributed by atoms with Crippen LogP contribution in [-0.4, -0.2) is 42.1 Å². The van der Waals surface area contributed by atoms with Crippen molar-refractivity contribution in [2.24, 2.45) is 0 Å². The Kier molecular flexibility index (Phi) is 5.90. The molecule has 1 heterocycles. The number of thioether (sulfide) groups is 1. The third kappa shape index (κ3) is 4.91. The van der Waals surface area contributed by atoms with Gasteiger partial charge in [0.05, 0.1) is 11.4 Å². The van der Waals surface area contributed by atoms with Gasteiger partial charge in [-0.25, -0.2) is 0 Å². The van der Waals surface area contributed by atoms with Crippen molar-refractivity contribution in [1.82, 2.24) is 5.32 Å². The van der Waals surface area contributed by atoms with Crippen molar-refractivity contribution in [1.29, 1.82) is 0 Å². The van der Waals surface area contributed by atoms with Crippen molar-refractivity contribution in [3.8, 4) is 5.75 Å². The third-order valence-corrected chi connectivity index (χ3v) is 4.41. The van der Waals surface area contributed by atoms with Crippen LogP contribution in [0.1, 0.15) is 20.3 Å². The van der Waals surface area contributed by atoms with Gasteiger partial charge < -0.3 is 20.5 Å². The maximum atomic E-state index is 11.4. The highest BCUT2D eigenvalue weighted by Crippen LogP contribution is 2.34. The van der Waals surface area contributed by atoms with Crippen LogP contribution < -0.4 is 15.4 Å². The van der Waals surface area contributed by atoms with Crippen molar-refractivity contribution in [2.45, 2.75) is 37.3 Å². The van der Waals surface area contributed by atoms with Crippen LogP contribution in [0.15, 0.2) is 23.1 Å². The lowest BCUT2D eigenvalue weighted by Crippen LogP contribution is -2.36. The van der Waals surface area contributed by atoms with Gasteiger partial charge in [-0.05, 0) is 25.5 Å². The number of benzene rings is 1. The maximum Gasteiger partial charge on any atom is 0.234 e. The molecule has 0 spiro atoms. The third-order valence-electron chi connectivity index (χ3n) is 3.34. The first kappa shape index (κ1) is 16.1. The number of aliphatic hydroxyl groups excluding tert-OH is 1. The summed E-state index contributed by atoms with van der Waals surface area (Å²) >= 11 is 1.52. The van der Waals surface area contributed by atoms with Gasteiger partial charge in [-0.1, -0.05) is 6.92 Å². The molecule has 21 heavy (non-hydrogen) atoms. The Labute approximate surface area is 129 Å². The number of carbonyl (C=O) groups excluding carboxylic acids is 1. The fourth-order valence-electron chi connectivity index (χ4n) is 1.88. The Balaban J connectivity index is 1.83. The maximum absolute atomic E-state index is 11.4. The minimum Gasteiger partial charge on any atom is -0.491 e. The molecule has 0 saturated heterocycles. The van der Waals surface area contributed by atoms with Crippen molar-refractivity contribution in [3.05, 3.63) is 18.2 Å². The highest BCUT2D eigenvalue weighted by Gasteiger charge is 2.16. The molecule has 1 aliphatic heterocycles. The summed E-state index contributed by atoms with van der Waals surface area (Å²) in [5.74, 6) is 1.11. The summed E-state index contributed by atoms with van der Waals surface area (Å²) in [5.41, 5.74) is 0.779. The van der Waals surface area contributed by atoms with Crippen LogP contribution in [0.2, 0.25) is 0 Å². The minimum atomic E-state index is -0.556. The summed E-state index contributed by atoms with van der Waals surface area (Å²) in [7, 11) is 0. The van der Waals surface area contributed by atoms with E-state index in [9.17, 15) is 9.90 Å². The zero-order valence-electron chi connectivity index (χ0n) is 12.4. The number of nitrogens with one attached hydrogen (secondary N) is 2. The van der Waals surface area contributed by atoms with Gasteiger partial charge in [0.1, 0.15) is 18.5 Å². The van der Waals surface area contributed by atoms with E-state index in [0.29, 0.717) is 24.1 Å². The van der Waals surface area contributed by atoms with Crippen molar-refractivity contribution < 1.29 is 14.6 Å². The molecule has 2 unspecified atom stereocenters. The second-order valence-corrected chi connectivity index (χ2v) is 6.19. The molecular weight excluding hydrogens is 288 g/mol. The highest BCUT2D eigenvalue weighted by atomic mass is 32.2. The Morgan fingerprint density at radius 3 is 3.10 bits per heavy atom. The second kappa shape index (κ2) is 7.68. The molecule has 1 aromatic rings. The largest absolute Gasteiger partial charge is 0.491 e. The van der Waals surface area contributed by atoms with Gasteiger partial charge in [0.25, 0.3) is 0 Å².